The van der Waals surface area contributed by atoms with Crippen molar-refractivity contribution in [1.82, 2.24) is 9.21 Å². The molecule has 0 atom stereocenters. The Morgan fingerprint density at radius 3 is 2.13 bits per heavy atom. The van der Waals surface area contributed by atoms with Crippen LogP contribution in [0, 0.1) is 5.92 Å². The minimum Gasteiger partial charge on any atom is -0.339 e. The number of nitrogens with one attached hydrogen (secondary N) is 1. The first-order valence-corrected chi connectivity index (χ1v) is 11.9. The molecular weight excluding hydrogens is 414 g/mol. The highest BCUT2D eigenvalue weighted by Crippen LogP contribution is 2.22. The molecule has 31 heavy (non-hydrogen) atoms. The molecule has 0 aromatic heterocycles. The van der Waals surface area contributed by atoms with Crippen LogP contribution in [-0.4, -0.2) is 55.6 Å². The summed E-state index contributed by atoms with van der Waals surface area (Å²) >= 11 is 0. The van der Waals surface area contributed by atoms with Gasteiger partial charge in [-0.3, -0.25) is 9.59 Å². The van der Waals surface area contributed by atoms with Crippen LogP contribution >= 0.6 is 0 Å². The van der Waals surface area contributed by atoms with Gasteiger partial charge in [0.1, 0.15) is 0 Å². The van der Waals surface area contributed by atoms with Crippen molar-refractivity contribution in [2.24, 2.45) is 5.92 Å². The van der Waals surface area contributed by atoms with Gasteiger partial charge in [-0.05, 0) is 63.1 Å². The molecule has 1 fully saturated rings. The number of anilines is 1. The topological polar surface area (TPSA) is 86.8 Å². The van der Waals surface area contributed by atoms with E-state index in [9.17, 15) is 18.0 Å². The van der Waals surface area contributed by atoms with E-state index < -0.39 is 10.0 Å². The van der Waals surface area contributed by atoms with Crippen molar-refractivity contribution in [1.29, 1.82) is 0 Å². The number of carbonyl (C=O) groups excluding carboxylic acids is 2. The zero-order chi connectivity index (χ0) is 22.6. The summed E-state index contributed by atoms with van der Waals surface area (Å²) in [6.45, 7) is 4.59. The van der Waals surface area contributed by atoms with Crippen LogP contribution in [0.4, 0.5) is 5.69 Å². The van der Waals surface area contributed by atoms with Gasteiger partial charge >= 0.3 is 0 Å². The summed E-state index contributed by atoms with van der Waals surface area (Å²) in [6, 6.07) is 15.2. The number of likely N-dealkylation sites (tertiary alicyclic amines) is 1. The summed E-state index contributed by atoms with van der Waals surface area (Å²) in [6.07, 6.45) is 1.19. The van der Waals surface area contributed by atoms with Crippen LogP contribution in [0.15, 0.2) is 59.5 Å². The van der Waals surface area contributed by atoms with Gasteiger partial charge in [0.25, 0.3) is 5.91 Å². The van der Waals surface area contributed by atoms with Crippen molar-refractivity contribution in [3.63, 3.8) is 0 Å². The minimum absolute atomic E-state index is 0.0258. The van der Waals surface area contributed by atoms with Crippen molar-refractivity contribution in [2.75, 3.05) is 25.5 Å². The Morgan fingerprint density at radius 1 is 1.00 bits per heavy atom. The molecule has 2 aromatic rings. The molecule has 0 unspecified atom stereocenters. The highest BCUT2D eigenvalue weighted by molar-refractivity contribution is 7.89. The van der Waals surface area contributed by atoms with Crippen molar-refractivity contribution in [3.05, 3.63) is 60.2 Å². The Kier molecular flexibility index (Phi) is 7.12. The van der Waals surface area contributed by atoms with Gasteiger partial charge < -0.3 is 10.2 Å². The predicted molar refractivity (Wildman–Crippen MR) is 120 cm³/mol. The molecular formula is C23H29N3O4S. The standard InChI is InChI=1S/C23H29N3O4S/c1-17(2)25(3)31(29,30)21-11-9-19(10-12-21)23(28)26-15-13-18(14-16-26)22(27)24-20-7-5-4-6-8-20/h4-12,17-18H,13-16H2,1-3H3,(H,24,27). The zero-order valence-electron chi connectivity index (χ0n) is 18.1. The number of amides is 2. The molecule has 0 spiro atoms. The number of para-hydroxylation sites is 1. The number of hydrogen-bond acceptors (Lipinski definition) is 4. The maximum absolute atomic E-state index is 12.8. The lowest BCUT2D eigenvalue weighted by atomic mass is 9.95. The molecule has 1 N–H and O–H groups in total. The third-order valence-corrected chi connectivity index (χ3v) is 7.75. The minimum atomic E-state index is -3.58. The van der Waals surface area contributed by atoms with Crippen LogP contribution in [0.25, 0.3) is 0 Å². The second-order valence-corrected chi connectivity index (χ2v) is 10.1. The summed E-state index contributed by atoms with van der Waals surface area (Å²) in [5, 5.41) is 2.92. The van der Waals surface area contributed by atoms with Gasteiger partial charge in [0, 0.05) is 43.3 Å². The van der Waals surface area contributed by atoms with Crippen molar-refractivity contribution in [2.45, 2.75) is 37.6 Å². The van der Waals surface area contributed by atoms with Gasteiger partial charge in [-0.25, -0.2) is 8.42 Å². The van der Waals surface area contributed by atoms with E-state index >= 15 is 0 Å². The van der Waals surface area contributed by atoms with Crippen molar-refractivity contribution >= 4 is 27.5 Å². The molecule has 1 aliphatic heterocycles. The first kappa shape index (κ1) is 23.0. The lowest BCUT2D eigenvalue weighted by molar-refractivity contribution is -0.121. The summed E-state index contributed by atoms with van der Waals surface area (Å²) in [4.78, 5) is 27.2. The van der Waals surface area contributed by atoms with Crippen LogP contribution in [0.3, 0.4) is 0 Å². The van der Waals surface area contributed by atoms with Crippen LogP contribution in [-0.2, 0) is 14.8 Å². The van der Waals surface area contributed by atoms with Gasteiger partial charge in [-0.2, -0.15) is 4.31 Å². The van der Waals surface area contributed by atoms with Crippen LogP contribution in [0.5, 0.6) is 0 Å². The van der Waals surface area contributed by atoms with Crippen molar-refractivity contribution in [3.8, 4) is 0 Å². The summed E-state index contributed by atoms with van der Waals surface area (Å²) in [5.74, 6) is -0.312. The number of nitrogens with zero attached hydrogens (tertiary/aromatic N) is 2. The Hall–Kier alpha value is -2.71. The fourth-order valence-corrected chi connectivity index (χ4v) is 4.87. The third kappa shape index (κ3) is 5.32. The molecule has 166 valence electrons. The van der Waals surface area contributed by atoms with Gasteiger partial charge in [-0.15, -0.1) is 0 Å². The van der Waals surface area contributed by atoms with E-state index in [2.05, 4.69) is 5.32 Å². The van der Waals surface area contributed by atoms with E-state index in [1.54, 1.807) is 30.9 Å². The molecule has 7 nitrogen and oxygen atoms in total. The maximum Gasteiger partial charge on any atom is 0.253 e. The molecule has 2 amide bonds. The molecule has 1 heterocycles. The molecule has 1 saturated heterocycles. The second-order valence-electron chi connectivity index (χ2n) is 8.06. The summed E-state index contributed by atoms with van der Waals surface area (Å²) in [5.41, 5.74) is 1.21. The maximum atomic E-state index is 12.8. The summed E-state index contributed by atoms with van der Waals surface area (Å²) < 4.78 is 26.5. The van der Waals surface area contributed by atoms with E-state index in [1.165, 1.54) is 23.5 Å². The first-order chi connectivity index (χ1) is 14.7. The summed E-state index contributed by atoms with van der Waals surface area (Å²) in [7, 11) is -2.05. The number of benzene rings is 2. The molecule has 0 radical (unpaired) electrons. The lowest BCUT2D eigenvalue weighted by Gasteiger charge is -2.31. The quantitative estimate of drug-likeness (QED) is 0.743. The largest absolute Gasteiger partial charge is 0.339 e. The van der Waals surface area contributed by atoms with Crippen LogP contribution in [0.1, 0.15) is 37.0 Å². The average molecular weight is 444 g/mol. The number of hydrogen-bond donors (Lipinski definition) is 1. The fraction of sp³-hybridized carbons (Fsp3) is 0.391. The van der Waals surface area contributed by atoms with E-state index in [-0.39, 0.29) is 28.7 Å². The monoisotopic (exact) mass is 443 g/mol. The number of carbonyl (C=O) groups is 2. The molecule has 0 bridgehead atoms. The highest BCUT2D eigenvalue weighted by atomic mass is 32.2. The Morgan fingerprint density at radius 2 is 1.58 bits per heavy atom. The zero-order valence-corrected chi connectivity index (χ0v) is 18.9. The average Bonchev–Trinajstić information content (AvgIpc) is 2.78. The van der Waals surface area contributed by atoms with Gasteiger partial charge in [0.2, 0.25) is 15.9 Å². The van der Waals surface area contributed by atoms with Gasteiger partial charge in [0.05, 0.1) is 4.90 Å². The SMILES string of the molecule is CC(C)N(C)S(=O)(=O)c1ccc(C(=O)N2CCC(C(=O)Nc3ccccc3)CC2)cc1. The second kappa shape index (κ2) is 9.62. The van der Waals surface area contributed by atoms with E-state index in [1.807, 2.05) is 30.3 Å². The van der Waals surface area contributed by atoms with Crippen molar-refractivity contribution < 1.29 is 18.0 Å². The Balaban J connectivity index is 1.59. The molecule has 0 aliphatic carbocycles. The molecule has 2 aromatic carbocycles. The Bertz CT molecular complexity index is 1010. The Labute approximate surface area is 184 Å². The normalized spacial score (nSPS) is 15.3. The van der Waals surface area contributed by atoms with E-state index in [0.29, 0.717) is 31.5 Å². The highest BCUT2D eigenvalue weighted by Gasteiger charge is 2.28. The molecule has 8 heteroatoms. The molecule has 0 saturated carbocycles. The van der Waals surface area contributed by atoms with E-state index in [4.69, 9.17) is 0 Å². The number of sulfonamides is 1. The first-order valence-electron chi connectivity index (χ1n) is 10.4. The van der Waals surface area contributed by atoms with Gasteiger partial charge in [0.15, 0.2) is 0 Å². The van der Waals surface area contributed by atoms with Crippen LogP contribution < -0.4 is 5.32 Å². The molecule has 1 aliphatic rings. The van der Waals surface area contributed by atoms with Gasteiger partial charge in [-0.1, -0.05) is 18.2 Å². The number of piperidine rings is 1. The number of rotatable bonds is 6. The third-order valence-electron chi connectivity index (χ3n) is 5.70. The smallest absolute Gasteiger partial charge is 0.253 e. The van der Waals surface area contributed by atoms with Crippen LogP contribution in [0.2, 0.25) is 0 Å². The lowest BCUT2D eigenvalue weighted by Crippen LogP contribution is -2.41. The fourth-order valence-electron chi connectivity index (χ4n) is 3.51. The van der Waals surface area contributed by atoms with E-state index in [0.717, 1.165) is 5.69 Å². The predicted octanol–water partition coefficient (Wildman–Crippen LogP) is 3.21. The molecule has 3 rings (SSSR count).